The van der Waals surface area contributed by atoms with Crippen molar-refractivity contribution in [3.8, 4) is 5.75 Å². The Kier molecular flexibility index (Phi) is 6.73. The van der Waals surface area contributed by atoms with Crippen LogP contribution in [0.1, 0.15) is 43.0 Å². The molecule has 1 saturated heterocycles. The molecule has 0 spiro atoms. The van der Waals surface area contributed by atoms with Crippen LogP contribution in [0.5, 0.6) is 5.75 Å². The normalized spacial score (nSPS) is 13.7. The summed E-state index contributed by atoms with van der Waals surface area (Å²) < 4.78 is 6.01. The van der Waals surface area contributed by atoms with Crippen LogP contribution in [-0.4, -0.2) is 52.8 Å². The molecule has 1 aliphatic rings. The molecule has 170 valence electrons. The van der Waals surface area contributed by atoms with Crippen molar-refractivity contribution >= 4 is 11.8 Å². The second-order valence-corrected chi connectivity index (χ2v) is 8.54. The number of hydrogen-bond donors (Lipinski definition) is 0. The molecule has 0 bridgehead atoms. The third kappa shape index (κ3) is 5.22. The summed E-state index contributed by atoms with van der Waals surface area (Å²) in [6, 6.07) is 15.2. The molecule has 2 heterocycles. The van der Waals surface area contributed by atoms with Gasteiger partial charge in [0.05, 0.1) is 0 Å². The van der Waals surface area contributed by atoms with E-state index in [0.29, 0.717) is 43.9 Å². The van der Waals surface area contributed by atoms with E-state index in [4.69, 9.17) is 4.74 Å². The van der Waals surface area contributed by atoms with Gasteiger partial charge in [-0.3, -0.25) is 14.6 Å². The van der Waals surface area contributed by atoms with Crippen LogP contribution < -0.4 is 4.74 Å². The average Bonchev–Trinajstić information content (AvgIpc) is 2.84. The van der Waals surface area contributed by atoms with Crippen molar-refractivity contribution in [2.24, 2.45) is 0 Å². The van der Waals surface area contributed by atoms with Gasteiger partial charge < -0.3 is 14.5 Å². The summed E-state index contributed by atoms with van der Waals surface area (Å²) in [5.41, 5.74) is 5.31. The fourth-order valence-electron chi connectivity index (χ4n) is 4.11. The number of nitrogens with zero attached hydrogens (tertiary/aromatic N) is 3. The van der Waals surface area contributed by atoms with Crippen LogP contribution in [0.2, 0.25) is 0 Å². The molecule has 4 rings (SSSR count). The first-order valence-corrected chi connectivity index (χ1v) is 11.2. The van der Waals surface area contributed by atoms with Crippen molar-refractivity contribution in [1.29, 1.82) is 0 Å². The fourth-order valence-corrected chi connectivity index (χ4v) is 4.11. The van der Waals surface area contributed by atoms with Crippen LogP contribution in [0, 0.1) is 20.8 Å². The highest BCUT2D eigenvalue weighted by Gasteiger charge is 2.26. The lowest BCUT2D eigenvalue weighted by molar-refractivity contribution is 0.0535. The van der Waals surface area contributed by atoms with Crippen molar-refractivity contribution in [1.82, 2.24) is 14.8 Å². The number of aryl methyl sites for hydroxylation is 3. The van der Waals surface area contributed by atoms with Gasteiger partial charge in [-0.2, -0.15) is 0 Å². The zero-order chi connectivity index (χ0) is 23.4. The van der Waals surface area contributed by atoms with Crippen LogP contribution >= 0.6 is 0 Å². The molecule has 6 heteroatoms. The third-order valence-electron chi connectivity index (χ3n) is 5.97. The number of carbonyl (C=O) groups excluding carboxylic acids is 2. The van der Waals surface area contributed by atoms with Crippen molar-refractivity contribution in [3.05, 3.63) is 94.3 Å². The summed E-state index contributed by atoms with van der Waals surface area (Å²) in [5.74, 6) is 0.801. The topological polar surface area (TPSA) is 62.7 Å². The number of amides is 2. The number of rotatable bonds is 5. The molecule has 1 aliphatic heterocycles. The minimum atomic E-state index is -0.0116. The molecule has 2 aromatic carbocycles. The third-order valence-corrected chi connectivity index (χ3v) is 5.97. The minimum absolute atomic E-state index is 0.0116. The predicted molar refractivity (Wildman–Crippen MR) is 127 cm³/mol. The highest BCUT2D eigenvalue weighted by atomic mass is 16.5. The minimum Gasteiger partial charge on any atom is -0.488 e. The first kappa shape index (κ1) is 22.5. The van der Waals surface area contributed by atoms with Crippen LogP contribution in [-0.2, 0) is 6.61 Å². The highest BCUT2D eigenvalue weighted by molar-refractivity contribution is 5.96. The first-order chi connectivity index (χ1) is 15.9. The van der Waals surface area contributed by atoms with E-state index in [9.17, 15) is 9.59 Å². The number of piperazine rings is 1. The summed E-state index contributed by atoms with van der Waals surface area (Å²) in [5, 5.41) is 0. The van der Waals surface area contributed by atoms with Gasteiger partial charge in [0.2, 0.25) is 0 Å². The van der Waals surface area contributed by atoms with Gasteiger partial charge in [-0.25, -0.2) is 0 Å². The van der Waals surface area contributed by atoms with Gasteiger partial charge in [-0.15, -0.1) is 0 Å². The molecule has 2 amide bonds. The highest BCUT2D eigenvalue weighted by Crippen LogP contribution is 2.26. The lowest BCUT2D eigenvalue weighted by Gasteiger charge is -2.35. The van der Waals surface area contributed by atoms with Gasteiger partial charge in [0.1, 0.15) is 12.4 Å². The number of ether oxygens (including phenoxy) is 1. The van der Waals surface area contributed by atoms with Gasteiger partial charge in [-0.05, 0) is 62.2 Å². The molecule has 0 N–H and O–H groups in total. The SMILES string of the molecule is Cc1ccc(C(=O)N2CCN(C(=O)c3cc(C)c(OCc4cccnc4)c(C)c3)CC2)cc1. The second kappa shape index (κ2) is 9.86. The molecule has 0 atom stereocenters. The molecular weight excluding hydrogens is 414 g/mol. The number of carbonyl (C=O) groups is 2. The monoisotopic (exact) mass is 443 g/mol. The Balaban J connectivity index is 1.38. The molecule has 0 saturated carbocycles. The van der Waals surface area contributed by atoms with Gasteiger partial charge in [-0.1, -0.05) is 23.8 Å². The molecule has 3 aromatic rings. The Bertz CT molecular complexity index is 1110. The smallest absolute Gasteiger partial charge is 0.253 e. The largest absolute Gasteiger partial charge is 0.488 e. The Hall–Kier alpha value is -3.67. The van der Waals surface area contributed by atoms with E-state index in [-0.39, 0.29) is 11.8 Å². The Labute approximate surface area is 194 Å². The number of pyridine rings is 1. The summed E-state index contributed by atoms with van der Waals surface area (Å²) in [6.45, 7) is 8.45. The Morgan fingerprint density at radius 3 is 1.97 bits per heavy atom. The molecule has 0 aliphatic carbocycles. The van der Waals surface area contributed by atoms with Gasteiger partial charge in [0.15, 0.2) is 0 Å². The fraction of sp³-hybridized carbons (Fsp3) is 0.296. The van der Waals surface area contributed by atoms with Gasteiger partial charge in [0.25, 0.3) is 11.8 Å². The maximum atomic E-state index is 13.2. The van der Waals surface area contributed by atoms with Crippen LogP contribution in [0.15, 0.2) is 60.9 Å². The van der Waals surface area contributed by atoms with E-state index >= 15 is 0 Å². The standard InChI is InChI=1S/C27H29N3O3/c1-19-6-8-23(9-7-19)26(31)29-11-13-30(14-12-29)27(32)24-15-20(2)25(21(3)16-24)33-18-22-5-4-10-28-17-22/h4-10,15-17H,11-14,18H2,1-3H3. The first-order valence-electron chi connectivity index (χ1n) is 11.2. The summed E-state index contributed by atoms with van der Waals surface area (Å²) in [7, 11) is 0. The van der Waals surface area contributed by atoms with Crippen molar-refractivity contribution < 1.29 is 14.3 Å². The molecule has 0 unspecified atom stereocenters. The molecule has 1 fully saturated rings. The lowest BCUT2D eigenvalue weighted by Crippen LogP contribution is -2.50. The Morgan fingerprint density at radius 2 is 1.42 bits per heavy atom. The van der Waals surface area contributed by atoms with Gasteiger partial charge in [0, 0.05) is 55.3 Å². The summed E-state index contributed by atoms with van der Waals surface area (Å²) in [4.78, 5) is 33.7. The van der Waals surface area contributed by atoms with E-state index in [1.54, 1.807) is 12.4 Å². The average molecular weight is 444 g/mol. The van der Waals surface area contributed by atoms with Crippen molar-refractivity contribution in [2.75, 3.05) is 26.2 Å². The number of hydrogen-bond acceptors (Lipinski definition) is 4. The molecule has 6 nitrogen and oxygen atoms in total. The molecule has 0 radical (unpaired) electrons. The summed E-state index contributed by atoms with van der Waals surface area (Å²) in [6.07, 6.45) is 3.52. The maximum absolute atomic E-state index is 13.2. The maximum Gasteiger partial charge on any atom is 0.253 e. The van der Waals surface area contributed by atoms with Crippen LogP contribution in [0.25, 0.3) is 0 Å². The van der Waals surface area contributed by atoms with E-state index in [1.165, 1.54) is 0 Å². The van der Waals surface area contributed by atoms with Crippen LogP contribution in [0.4, 0.5) is 0 Å². The number of aromatic nitrogens is 1. The Morgan fingerprint density at radius 1 is 0.848 bits per heavy atom. The van der Waals surface area contributed by atoms with E-state index in [2.05, 4.69) is 4.98 Å². The molecular formula is C27H29N3O3. The van der Waals surface area contributed by atoms with Crippen molar-refractivity contribution in [3.63, 3.8) is 0 Å². The lowest BCUT2D eigenvalue weighted by atomic mass is 10.0. The molecule has 1 aromatic heterocycles. The predicted octanol–water partition coefficient (Wildman–Crippen LogP) is 4.18. The quantitative estimate of drug-likeness (QED) is 0.593. The van der Waals surface area contributed by atoms with E-state index < -0.39 is 0 Å². The van der Waals surface area contributed by atoms with E-state index in [1.807, 2.05) is 79.1 Å². The van der Waals surface area contributed by atoms with Crippen molar-refractivity contribution in [2.45, 2.75) is 27.4 Å². The zero-order valence-electron chi connectivity index (χ0n) is 19.4. The second-order valence-electron chi connectivity index (χ2n) is 8.54. The van der Waals surface area contributed by atoms with E-state index in [0.717, 1.165) is 28.0 Å². The van der Waals surface area contributed by atoms with Crippen LogP contribution in [0.3, 0.4) is 0 Å². The van der Waals surface area contributed by atoms with Gasteiger partial charge >= 0.3 is 0 Å². The summed E-state index contributed by atoms with van der Waals surface area (Å²) >= 11 is 0. The zero-order valence-corrected chi connectivity index (χ0v) is 19.4. The number of benzene rings is 2. The molecule has 33 heavy (non-hydrogen) atoms.